The smallest absolute Gasteiger partial charge is 0.410 e. The minimum Gasteiger partial charge on any atom is -0.449 e. The summed E-state index contributed by atoms with van der Waals surface area (Å²) in [6, 6.07) is 3.82. The summed E-state index contributed by atoms with van der Waals surface area (Å²) >= 11 is 0. The lowest BCUT2D eigenvalue weighted by atomic mass is 10.2. The number of aromatic nitrogens is 1. The van der Waals surface area contributed by atoms with Gasteiger partial charge in [-0.05, 0) is 18.1 Å². The molecule has 5 heteroatoms. The van der Waals surface area contributed by atoms with Gasteiger partial charge in [0.15, 0.2) is 0 Å². The minimum atomic E-state index is -0.254. The van der Waals surface area contributed by atoms with Gasteiger partial charge in [0.2, 0.25) is 0 Å². The monoisotopic (exact) mass is 221 g/mol. The van der Waals surface area contributed by atoms with E-state index in [0.29, 0.717) is 19.7 Å². The molecule has 2 heterocycles. The summed E-state index contributed by atoms with van der Waals surface area (Å²) in [6.07, 6.45) is 2.37. The first kappa shape index (κ1) is 10.9. The van der Waals surface area contributed by atoms with Gasteiger partial charge in [-0.1, -0.05) is 6.07 Å². The molecule has 1 aliphatic rings. The molecule has 1 saturated heterocycles. The van der Waals surface area contributed by atoms with Crippen molar-refractivity contribution in [1.29, 1.82) is 0 Å². The van der Waals surface area contributed by atoms with Crippen molar-refractivity contribution in [3.05, 3.63) is 29.6 Å². The van der Waals surface area contributed by atoms with Crippen LogP contribution in [0.15, 0.2) is 18.3 Å². The lowest BCUT2D eigenvalue weighted by molar-refractivity contribution is 0.0695. The Morgan fingerprint density at radius 2 is 2.38 bits per heavy atom. The first-order chi connectivity index (χ1) is 7.79. The summed E-state index contributed by atoms with van der Waals surface area (Å²) in [5, 5.41) is 0. The zero-order valence-electron chi connectivity index (χ0n) is 9.06. The Bertz CT molecular complexity index is 364. The number of rotatable bonds is 3. The maximum atomic E-state index is 11.4. The molecule has 1 amide bonds. The molecular formula is C11H15N3O2. The third-order valence-electron chi connectivity index (χ3n) is 2.53. The fourth-order valence-electron chi connectivity index (χ4n) is 1.61. The van der Waals surface area contributed by atoms with Crippen molar-refractivity contribution in [2.45, 2.75) is 19.5 Å². The summed E-state index contributed by atoms with van der Waals surface area (Å²) in [6.45, 7) is 2.25. The van der Waals surface area contributed by atoms with E-state index >= 15 is 0 Å². The van der Waals surface area contributed by atoms with Crippen LogP contribution in [0.25, 0.3) is 0 Å². The number of cyclic esters (lactones) is 1. The summed E-state index contributed by atoms with van der Waals surface area (Å²) in [4.78, 5) is 17.3. The van der Waals surface area contributed by atoms with Crippen LogP contribution < -0.4 is 5.73 Å². The number of nitrogens with zero attached hydrogens (tertiary/aromatic N) is 2. The summed E-state index contributed by atoms with van der Waals surface area (Å²) in [5.74, 6) is 0. The number of carbonyl (C=O) groups is 1. The normalized spacial score (nSPS) is 16.1. The number of hydrogen-bond acceptors (Lipinski definition) is 4. The molecule has 0 saturated carbocycles. The van der Waals surface area contributed by atoms with E-state index in [-0.39, 0.29) is 6.09 Å². The number of amides is 1. The number of hydrogen-bond donors (Lipinski definition) is 1. The number of carbonyl (C=O) groups excluding carboxylic acids is 1. The van der Waals surface area contributed by atoms with Crippen molar-refractivity contribution < 1.29 is 9.53 Å². The maximum Gasteiger partial charge on any atom is 0.410 e. The Balaban J connectivity index is 1.99. The molecule has 1 aliphatic heterocycles. The maximum absolute atomic E-state index is 11.4. The molecule has 0 atom stereocenters. The highest BCUT2D eigenvalue weighted by Gasteiger charge is 2.19. The Labute approximate surface area is 94.2 Å². The van der Waals surface area contributed by atoms with Crippen LogP contribution in [0, 0.1) is 0 Å². The van der Waals surface area contributed by atoms with Gasteiger partial charge in [-0.2, -0.15) is 0 Å². The highest BCUT2D eigenvalue weighted by Crippen LogP contribution is 2.09. The zero-order valence-corrected chi connectivity index (χ0v) is 9.06. The van der Waals surface area contributed by atoms with Crippen LogP contribution in [0.5, 0.6) is 0 Å². The van der Waals surface area contributed by atoms with E-state index in [1.807, 2.05) is 12.1 Å². The van der Waals surface area contributed by atoms with E-state index in [1.165, 1.54) is 0 Å². The topological polar surface area (TPSA) is 68.4 Å². The van der Waals surface area contributed by atoms with Gasteiger partial charge in [-0.25, -0.2) is 4.79 Å². The molecule has 0 bridgehead atoms. The van der Waals surface area contributed by atoms with Crippen LogP contribution in [0.4, 0.5) is 4.79 Å². The van der Waals surface area contributed by atoms with Crippen molar-refractivity contribution in [2.24, 2.45) is 5.73 Å². The van der Waals surface area contributed by atoms with Crippen LogP contribution in [0.1, 0.15) is 17.7 Å². The highest BCUT2D eigenvalue weighted by molar-refractivity contribution is 5.68. The van der Waals surface area contributed by atoms with Crippen molar-refractivity contribution in [3.8, 4) is 0 Å². The quantitative estimate of drug-likeness (QED) is 0.822. The van der Waals surface area contributed by atoms with Gasteiger partial charge in [-0.15, -0.1) is 0 Å². The standard InChI is InChI=1S/C11H15N3O2/c12-6-9-2-3-10(13-7-9)8-14-4-1-5-16-11(14)15/h2-3,7H,1,4-6,8,12H2. The van der Waals surface area contributed by atoms with Crippen molar-refractivity contribution in [2.75, 3.05) is 13.2 Å². The van der Waals surface area contributed by atoms with Gasteiger partial charge >= 0.3 is 6.09 Å². The van der Waals surface area contributed by atoms with Crippen LogP contribution in [0.2, 0.25) is 0 Å². The molecule has 0 aromatic carbocycles. The number of nitrogens with two attached hydrogens (primary N) is 1. The first-order valence-electron chi connectivity index (χ1n) is 5.35. The zero-order chi connectivity index (χ0) is 11.4. The summed E-state index contributed by atoms with van der Waals surface area (Å²) in [7, 11) is 0. The van der Waals surface area contributed by atoms with Gasteiger partial charge < -0.3 is 15.4 Å². The van der Waals surface area contributed by atoms with Crippen LogP contribution in [-0.2, 0) is 17.8 Å². The number of pyridine rings is 1. The third-order valence-corrected chi connectivity index (χ3v) is 2.53. The molecule has 0 spiro atoms. The molecule has 5 nitrogen and oxygen atoms in total. The lowest BCUT2D eigenvalue weighted by Crippen LogP contribution is -2.37. The van der Waals surface area contributed by atoms with Crippen molar-refractivity contribution >= 4 is 6.09 Å². The molecule has 2 rings (SSSR count). The van der Waals surface area contributed by atoms with E-state index < -0.39 is 0 Å². The van der Waals surface area contributed by atoms with Crippen molar-refractivity contribution in [3.63, 3.8) is 0 Å². The van der Waals surface area contributed by atoms with Gasteiger partial charge in [0, 0.05) is 19.3 Å². The van der Waals surface area contributed by atoms with Crippen LogP contribution in [-0.4, -0.2) is 29.1 Å². The fourth-order valence-corrected chi connectivity index (χ4v) is 1.61. The Kier molecular flexibility index (Phi) is 3.36. The summed E-state index contributed by atoms with van der Waals surface area (Å²) < 4.78 is 4.95. The average molecular weight is 221 g/mol. The van der Waals surface area contributed by atoms with Crippen LogP contribution in [0.3, 0.4) is 0 Å². The molecule has 1 fully saturated rings. The second-order valence-corrected chi connectivity index (χ2v) is 3.75. The SMILES string of the molecule is NCc1ccc(CN2CCCOC2=O)nc1. The Morgan fingerprint density at radius 1 is 1.50 bits per heavy atom. The van der Waals surface area contributed by atoms with E-state index in [1.54, 1.807) is 11.1 Å². The van der Waals surface area contributed by atoms with Gasteiger partial charge in [0.25, 0.3) is 0 Å². The van der Waals surface area contributed by atoms with Gasteiger partial charge in [-0.3, -0.25) is 4.98 Å². The average Bonchev–Trinajstić information content (AvgIpc) is 2.33. The second kappa shape index (κ2) is 4.94. The predicted octanol–water partition coefficient (Wildman–Crippen LogP) is 0.883. The largest absolute Gasteiger partial charge is 0.449 e. The third kappa shape index (κ3) is 2.49. The molecular weight excluding hydrogens is 206 g/mol. The molecule has 1 aromatic heterocycles. The molecule has 2 N–H and O–H groups in total. The van der Waals surface area contributed by atoms with Gasteiger partial charge in [0.1, 0.15) is 0 Å². The second-order valence-electron chi connectivity index (χ2n) is 3.75. The Morgan fingerprint density at radius 3 is 3.00 bits per heavy atom. The fraction of sp³-hybridized carbons (Fsp3) is 0.455. The van der Waals surface area contributed by atoms with E-state index in [2.05, 4.69) is 4.98 Å². The van der Waals surface area contributed by atoms with Crippen LogP contribution >= 0.6 is 0 Å². The molecule has 16 heavy (non-hydrogen) atoms. The lowest BCUT2D eigenvalue weighted by Gasteiger charge is -2.25. The van der Waals surface area contributed by atoms with Gasteiger partial charge in [0.05, 0.1) is 18.8 Å². The highest BCUT2D eigenvalue weighted by atomic mass is 16.6. The minimum absolute atomic E-state index is 0.254. The molecule has 86 valence electrons. The molecule has 0 radical (unpaired) electrons. The molecule has 0 aliphatic carbocycles. The summed E-state index contributed by atoms with van der Waals surface area (Å²) in [5.41, 5.74) is 7.33. The Hall–Kier alpha value is -1.62. The van der Waals surface area contributed by atoms with E-state index in [9.17, 15) is 4.79 Å². The van der Waals surface area contributed by atoms with E-state index in [0.717, 1.165) is 24.2 Å². The predicted molar refractivity (Wildman–Crippen MR) is 58.5 cm³/mol. The molecule has 1 aromatic rings. The van der Waals surface area contributed by atoms with Crippen molar-refractivity contribution in [1.82, 2.24) is 9.88 Å². The van der Waals surface area contributed by atoms with E-state index in [4.69, 9.17) is 10.5 Å². The first-order valence-corrected chi connectivity index (χ1v) is 5.35. The number of ether oxygens (including phenoxy) is 1. The molecule has 0 unspecified atom stereocenters.